The van der Waals surface area contributed by atoms with Gasteiger partial charge in [0.1, 0.15) is 0 Å². The quantitative estimate of drug-likeness (QED) is 0.636. The zero-order chi connectivity index (χ0) is 15.4. The third kappa shape index (κ3) is 3.39. The van der Waals surface area contributed by atoms with Crippen LogP contribution in [0, 0.1) is 20.2 Å². The van der Waals surface area contributed by atoms with E-state index in [1.54, 1.807) is 24.1 Å². The fourth-order valence-electron chi connectivity index (χ4n) is 1.93. The number of benzene rings is 1. The van der Waals surface area contributed by atoms with Gasteiger partial charge >= 0.3 is 0 Å². The summed E-state index contributed by atoms with van der Waals surface area (Å²) in [5.74, 6) is 0. The van der Waals surface area contributed by atoms with Crippen LogP contribution in [0.1, 0.15) is 11.3 Å². The Bertz CT molecular complexity index is 682. The van der Waals surface area contributed by atoms with Gasteiger partial charge in [-0.15, -0.1) is 0 Å². The van der Waals surface area contributed by atoms with Gasteiger partial charge in [0, 0.05) is 18.8 Å². The highest BCUT2D eigenvalue weighted by atomic mass is 16.6. The summed E-state index contributed by atoms with van der Waals surface area (Å²) in [6, 6.07) is 3.63. The average molecular weight is 291 g/mol. The molecule has 1 heterocycles. The van der Waals surface area contributed by atoms with E-state index in [0.717, 1.165) is 11.8 Å². The molecular weight excluding hydrogens is 278 g/mol. The van der Waals surface area contributed by atoms with Crippen LogP contribution in [0.5, 0.6) is 0 Å². The zero-order valence-electron chi connectivity index (χ0n) is 11.2. The molecule has 0 aliphatic rings. The summed E-state index contributed by atoms with van der Waals surface area (Å²) in [5.41, 5.74) is 0.626. The number of aromatic nitrogens is 2. The van der Waals surface area contributed by atoms with Crippen LogP contribution in [0.25, 0.3) is 0 Å². The first-order valence-electron chi connectivity index (χ1n) is 6.08. The van der Waals surface area contributed by atoms with Crippen LogP contribution >= 0.6 is 0 Å². The largest absolute Gasteiger partial charge is 0.332 e. The summed E-state index contributed by atoms with van der Waals surface area (Å²) < 4.78 is 1.70. The Morgan fingerprint density at radius 3 is 2.67 bits per heavy atom. The van der Waals surface area contributed by atoms with Crippen molar-refractivity contribution in [2.75, 3.05) is 7.05 Å². The summed E-state index contributed by atoms with van der Waals surface area (Å²) in [6.45, 7) is 0.820. The van der Waals surface area contributed by atoms with E-state index >= 15 is 0 Å². The summed E-state index contributed by atoms with van der Waals surface area (Å²) >= 11 is 0. The van der Waals surface area contributed by atoms with Gasteiger partial charge in [0.2, 0.25) is 0 Å². The van der Waals surface area contributed by atoms with Gasteiger partial charge in [-0.05, 0) is 13.1 Å². The smallest absolute Gasteiger partial charge is 0.281 e. The summed E-state index contributed by atoms with van der Waals surface area (Å²) in [7, 11) is 1.79. The van der Waals surface area contributed by atoms with Crippen LogP contribution in [0.3, 0.4) is 0 Å². The Hall–Kier alpha value is -2.81. The van der Waals surface area contributed by atoms with Gasteiger partial charge in [0.25, 0.3) is 11.4 Å². The first-order valence-corrected chi connectivity index (χ1v) is 6.08. The lowest BCUT2D eigenvalue weighted by Gasteiger charge is -2.04. The van der Waals surface area contributed by atoms with Gasteiger partial charge in [0.05, 0.1) is 40.0 Å². The number of hydrogen-bond donors (Lipinski definition) is 1. The van der Waals surface area contributed by atoms with Crippen LogP contribution in [0.2, 0.25) is 0 Å². The summed E-state index contributed by atoms with van der Waals surface area (Å²) in [6.07, 6.45) is 3.33. The predicted molar refractivity (Wildman–Crippen MR) is 73.8 cm³/mol. The third-order valence-corrected chi connectivity index (χ3v) is 2.87. The molecule has 0 aliphatic carbocycles. The van der Waals surface area contributed by atoms with E-state index in [1.165, 1.54) is 12.1 Å². The lowest BCUT2D eigenvalue weighted by Crippen LogP contribution is -2.05. The first-order chi connectivity index (χ1) is 10.0. The van der Waals surface area contributed by atoms with E-state index in [-0.39, 0.29) is 17.9 Å². The maximum atomic E-state index is 11.0. The highest BCUT2D eigenvalue weighted by Crippen LogP contribution is 2.25. The van der Waals surface area contributed by atoms with Crippen molar-refractivity contribution in [3.05, 3.63) is 62.2 Å². The van der Waals surface area contributed by atoms with E-state index in [9.17, 15) is 20.2 Å². The highest BCUT2D eigenvalue weighted by molar-refractivity contribution is 5.49. The van der Waals surface area contributed by atoms with Crippen LogP contribution in [0.4, 0.5) is 11.4 Å². The van der Waals surface area contributed by atoms with Crippen LogP contribution in [-0.4, -0.2) is 26.4 Å². The molecule has 0 aliphatic heterocycles. The van der Waals surface area contributed by atoms with Crippen molar-refractivity contribution in [3.8, 4) is 0 Å². The average Bonchev–Trinajstić information content (AvgIpc) is 2.86. The number of hydrogen-bond acceptors (Lipinski definition) is 6. The molecule has 0 atom stereocenters. The maximum Gasteiger partial charge on any atom is 0.281 e. The SMILES string of the molecule is CNCc1cn(Cc2ccc([N+](=O)[O-])cc2[N+](=O)[O-])cn1. The number of nitrogens with one attached hydrogen (secondary N) is 1. The van der Waals surface area contributed by atoms with Crippen molar-refractivity contribution >= 4 is 11.4 Å². The normalized spacial score (nSPS) is 10.5. The number of non-ortho nitro benzene ring substituents is 1. The first kappa shape index (κ1) is 14.6. The van der Waals surface area contributed by atoms with Gasteiger partial charge < -0.3 is 9.88 Å². The van der Waals surface area contributed by atoms with Gasteiger partial charge in [-0.1, -0.05) is 0 Å². The lowest BCUT2D eigenvalue weighted by molar-refractivity contribution is -0.394. The second-order valence-electron chi connectivity index (χ2n) is 4.39. The molecule has 9 heteroatoms. The maximum absolute atomic E-state index is 11.0. The van der Waals surface area contributed by atoms with E-state index in [4.69, 9.17) is 0 Å². The van der Waals surface area contributed by atoms with Crippen molar-refractivity contribution in [1.82, 2.24) is 14.9 Å². The van der Waals surface area contributed by atoms with E-state index in [0.29, 0.717) is 12.1 Å². The van der Waals surface area contributed by atoms with Crippen molar-refractivity contribution in [2.45, 2.75) is 13.1 Å². The standard InChI is InChI=1S/C12H13N5O4/c1-13-5-10-7-15(8-14-10)6-9-2-3-11(16(18)19)4-12(9)17(20)21/h2-4,7-8,13H,5-6H2,1H3. The Morgan fingerprint density at radius 2 is 2.05 bits per heavy atom. The van der Waals surface area contributed by atoms with Crippen molar-refractivity contribution in [1.29, 1.82) is 0 Å². The fourth-order valence-corrected chi connectivity index (χ4v) is 1.93. The Kier molecular flexibility index (Phi) is 4.24. The van der Waals surface area contributed by atoms with Crippen molar-refractivity contribution in [2.24, 2.45) is 0 Å². The molecule has 0 fully saturated rings. The number of nitro groups is 2. The van der Waals surface area contributed by atoms with Gasteiger partial charge in [-0.25, -0.2) is 4.98 Å². The molecule has 9 nitrogen and oxygen atoms in total. The molecule has 0 unspecified atom stereocenters. The molecule has 2 aromatic rings. The molecule has 1 aromatic carbocycles. The molecule has 0 saturated heterocycles. The van der Waals surface area contributed by atoms with Crippen molar-refractivity contribution < 1.29 is 9.85 Å². The topological polar surface area (TPSA) is 116 Å². The van der Waals surface area contributed by atoms with Gasteiger partial charge in [-0.2, -0.15) is 0 Å². The summed E-state index contributed by atoms with van der Waals surface area (Å²) in [4.78, 5) is 24.6. The van der Waals surface area contributed by atoms with E-state index in [1.807, 2.05) is 0 Å². The predicted octanol–water partition coefficient (Wildman–Crippen LogP) is 1.47. The molecule has 0 spiro atoms. The number of rotatable bonds is 6. The lowest BCUT2D eigenvalue weighted by atomic mass is 10.1. The second-order valence-corrected chi connectivity index (χ2v) is 4.39. The third-order valence-electron chi connectivity index (χ3n) is 2.87. The molecule has 1 N–H and O–H groups in total. The Balaban J connectivity index is 2.29. The molecule has 0 saturated carbocycles. The monoisotopic (exact) mass is 291 g/mol. The minimum absolute atomic E-state index is 0.227. The molecule has 1 aromatic heterocycles. The minimum atomic E-state index is -0.654. The van der Waals surface area contributed by atoms with Crippen LogP contribution in [-0.2, 0) is 13.1 Å². The van der Waals surface area contributed by atoms with Gasteiger partial charge in [-0.3, -0.25) is 20.2 Å². The molecule has 21 heavy (non-hydrogen) atoms. The van der Waals surface area contributed by atoms with Crippen LogP contribution < -0.4 is 5.32 Å². The Morgan fingerprint density at radius 1 is 1.29 bits per heavy atom. The molecule has 0 amide bonds. The number of nitrogens with zero attached hydrogens (tertiary/aromatic N) is 4. The minimum Gasteiger partial charge on any atom is -0.332 e. The summed E-state index contributed by atoms with van der Waals surface area (Å²) in [5, 5.41) is 24.7. The number of nitro benzene ring substituents is 2. The van der Waals surface area contributed by atoms with E-state index < -0.39 is 9.85 Å². The second kappa shape index (κ2) is 6.09. The van der Waals surface area contributed by atoms with Crippen LogP contribution in [0.15, 0.2) is 30.7 Å². The number of imidazole rings is 1. The highest BCUT2D eigenvalue weighted by Gasteiger charge is 2.19. The fraction of sp³-hybridized carbons (Fsp3) is 0.250. The molecular formula is C12H13N5O4. The molecule has 2 rings (SSSR count). The van der Waals surface area contributed by atoms with Gasteiger partial charge in [0.15, 0.2) is 0 Å². The zero-order valence-corrected chi connectivity index (χ0v) is 11.2. The van der Waals surface area contributed by atoms with Crippen molar-refractivity contribution in [3.63, 3.8) is 0 Å². The Labute approximate surface area is 119 Å². The van der Waals surface area contributed by atoms with E-state index in [2.05, 4.69) is 10.3 Å². The molecule has 0 radical (unpaired) electrons. The molecule has 110 valence electrons. The molecule has 0 bridgehead atoms.